The first-order valence-electron chi connectivity index (χ1n) is 8.04. The molecule has 1 aliphatic rings. The van der Waals surface area contributed by atoms with Gasteiger partial charge in [0, 0.05) is 36.4 Å². The summed E-state index contributed by atoms with van der Waals surface area (Å²) >= 11 is 6.40. The van der Waals surface area contributed by atoms with Gasteiger partial charge in [-0.25, -0.2) is 0 Å². The molecule has 0 bridgehead atoms. The molecule has 124 valence electrons. The molecule has 0 saturated heterocycles. The molecule has 0 unspecified atom stereocenters. The van der Waals surface area contributed by atoms with Crippen molar-refractivity contribution in [2.45, 2.75) is 31.2 Å². The number of amides is 1. The topological polar surface area (TPSA) is 50.3 Å². The predicted octanol–water partition coefficient (Wildman–Crippen LogP) is 3.85. The molecular formula is C19H19ClN2O2. The quantitative estimate of drug-likeness (QED) is 0.851. The average molecular weight is 343 g/mol. The summed E-state index contributed by atoms with van der Waals surface area (Å²) in [6, 6.07) is 10.7. The Bertz CT molecular complexity index is 763. The standard InChI is InChI=1S/C19H19ClN2O2/c1-22(18(24)14-7-6-12-21-13-14)19(11-5-4-10-17(19)23)15-8-2-3-9-16(15)20/h2-3,6-9,12-13H,4-5,10-11H2,1H3/t19-/m1/s1. The molecule has 0 N–H and O–H groups in total. The largest absolute Gasteiger partial charge is 0.325 e. The van der Waals surface area contributed by atoms with Crippen LogP contribution in [0.15, 0.2) is 48.8 Å². The minimum absolute atomic E-state index is 0.0431. The van der Waals surface area contributed by atoms with Crippen molar-refractivity contribution in [1.82, 2.24) is 9.88 Å². The molecule has 5 heteroatoms. The van der Waals surface area contributed by atoms with Gasteiger partial charge in [-0.2, -0.15) is 0 Å². The van der Waals surface area contributed by atoms with E-state index >= 15 is 0 Å². The Morgan fingerprint density at radius 2 is 2.00 bits per heavy atom. The molecule has 24 heavy (non-hydrogen) atoms. The average Bonchev–Trinajstić information content (AvgIpc) is 2.62. The van der Waals surface area contributed by atoms with Gasteiger partial charge in [0.1, 0.15) is 5.54 Å². The second-order valence-corrected chi connectivity index (χ2v) is 6.48. The van der Waals surface area contributed by atoms with Crippen LogP contribution in [0.2, 0.25) is 5.02 Å². The van der Waals surface area contributed by atoms with Gasteiger partial charge in [-0.3, -0.25) is 14.6 Å². The summed E-state index contributed by atoms with van der Waals surface area (Å²) < 4.78 is 0. The third kappa shape index (κ3) is 2.71. The first-order chi connectivity index (χ1) is 11.6. The molecule has 1 saturated carbocycles. The van der Waals surface area contributed by atoms with Gasteiger partial charge in [0.25, 0.3) is 5.91 Å². The molecule has 0 aliphatic heterocycles. The van der Waals surface area contributed by atoms with E-state index in [9.17, 15) is 9.59 Å². The normalized spacial score (nSPS) is 20.7. The lowest BCUT2D eigenvalue weighted by atomic mass is 9.74. The van der Waals surface area contributed by atoms with E-state index in [2.05, 4.69) is 4.98 Å². The van der Waals surface area contributed by atoms with E-state index in [1.807, 2.05) is 18.2 Å². The Labute approximate surface area is 146 Å². The second kappa shape index (κ2) is 6.73. The molecule has 1 atom stereocenters. The van der Waals surface area contributed by atoms with Crippen LogP contribution in [0, 0.1) is 0 Å². The highest BCUT2D eigenvalue weighted by molar-refractivity contribution is 6.31. The number of aromatic nitrogens is 1. The van der Waals surface area contributed by atoms with Gasteiger partial charge in [-0.1, -0.05) is 29.8 Å². The Balaban J connectivity index is 2.10. The van der Waals surface area contributed by atoms with Gasteiger partial charge in [-0.15, -0.1) is 0 Å². The highest BCUT2D eigenvalue weighted by atomic mass is 35.5. The van der Waals surface area contributed by atoms with Gasteiger partial charge >= 0.3 is 0 Å². The van der Waals surface area contributed by atoms with E-state index in [0.717, 1.165) is 12.8 Å². The van der Waals surface area contributed by atoms with Crippen LogP contribution >= 0.6 is 11.6 Å². The van der Waals surface area contributed by atoms with Gasteiger partial charge in [0.05, 0.1) is 5.56 Å². The number of pyridine rings is 1. The van der Waals surface area contributed by atoms with Crippen LogP contribution in [0.3, 0.4) is 0 Å². The van der Waals surface area contributed by atoms with E-state index in [1.165, 1.54) is 6.20 Å². The van der Waals surface area contributed by atoms with Crippen LogP contribution in [-0.2, 0) is 10.3 Å². The zero-order chi connectivity index (χ0) is 17.2. The summed E-state index contributed by atoms with van der Waals surface area (Å²) in [5, 5.41) is 0.513. The maximum Gasteiger partial charge on any atom is 0.256 e. The second-order valence-electron chi connectivity index (χ2n) is 6.08. The molecule has 0 radical (unpaired) electrons. The summed E-state index contributed by atoms with van der Waals surface area (Å²) in [4.78, 5) is 31.5. The molecule has 1 amide bonds. The monoisotopic (exact) mass is 342 g/mol. The number of carbonyl (C=O) groups excluding carboxylic acids is 2. The number of rotatable bonds is 3. The fraction of sp³-hybridized carbons (Fsp3) is 0.316. The highest BCUT2D eigenvalue weighted by Gasteiger charge is 2.48. The predicted molar refractivity (Wildman–Crippen MR) is 92.9 cm³/mol. The molecule has 2 aromatic rings. The summed E-state index contributed by atoms with van der Waals surface area (Å²) in [5.41, 5.74) is 0.157. The van der Waals surface area contributed by atoms with Crippen molar-refractivity contribution >= 4 is 23.3 Å². The minimum Gasteiger partial charge on any atom is -0.325 e. The molecule has 1 heterocycles. The SMILES string of the molecule is CN(C(=O)c1cccnc1)[C@@]1(c2ccccc2Cl)CCCCC1=O. The number of halogens is 1. The van der Waals surface area contributed by atoms with Crippen molar-refractivity contribution < 1.29 is 9.59 Å². The van der Waals surface area contributed by atoms with E-state index in [-0.39, 0.29) is 11.7 Å². The number of hydrogen-bond acceptors (Lipinski definition) is 3. The van der Waals surface area contributed by atoms with Crippen molar-refractivity contribution in [3.63, 3.8) is 0 Å². The lowest BCUT2D eigenvalue weighted by molar-refractivity contribution is -0.132. The molecular weight excluding hydrogens is 324 g/mol. The van der Waals surface area contributed by atoms with Crippen LogP contribution in [0.5, 0.6) is 0 Å². The smallest absolute Gasteiger partial charge is 0.256 e. The van der Waals surface area contributed by atoms with Gasteiger partial charge in [0.15, 0.2) is 5.78 Å². The Morgan fingerprint density at radius 3 is 2.67 bits per heavy atom. The van der Waals surface area contributed by atoms with Crippen molar-refractivity contribution in [3.8, 4) is 0 Å². The van der Waals surface area contributed by atoms with Crippen LogP contribution in [0.1, 0.15) is 41.6 Å². The maximum atomic E-state index is 13.0. The zero-order valence-corrected chi connectivity index (χ0v) is 14.3. The number of Topliss-reactive ketones (excluding diaryl/α,β-unsaturated/α-hetero) is 1. The molecule has 1 aliphatic carbocycles. The zero-order valence-electron chi connectivity index (χ0n) is 13.5. The molecule has 3 rings (SSSR count). The molecule has 1 fully saturated rings. The number of likely N-dealkylation sites (N-methyl/N-ethyl adjacent to an activating group) is 1. The van der Waals surface area contributed by atoms with Crippen LogP contribution in [0.25, 0.3) is 0 Å². The van der Waals surface area contributed by atoms with E-state index in [0.29, 0.717) is 29.0 Å². The Kier molecular flexibility index (Phi) is 4.67. The number of carbonyl (C=O) groups is 2. The number of nitrogens with zero attached hydrogens (tertiary/aromatic N) is 2. The van der Waals surface area contributed by atoms with Gasteiger partial charge in [-0.05, 0) is 37.5 Å². The molecule has 4 nitrogen and oxygen atoms in total. The van der Waals surface area contributed by atoms with Crippen molar-refractivity contribution in [3.05, 3.63) is 64.9 Å². The number of hydrogen-bond donors (Lipinski definition) is 0. The van der Waals surface area contributed by atoms with Crippen LogP contribution in [0.4, 0.5) is 0 Å². The van der Waals surface area contributed by atoms with Crippen molar-refractivity contribution in [1.29, 1.82) is 0 Å². The third-order valence-electron chi connectivity index (χ3n) is 4.76. The first kappa shape index (κ1) is 16.7. The van der Waals surface area contributed by atoms with E-state index < -0.39 is 5.54 Å². The van der Waals surface area contributed by atoms with Crippen LogP contribution < -0.4 is 0 Å². The molecule has 1 aromatic carbocycles. The fourth-order valence-electron chi connectivity index (χ4n) is 3.49. The summed E-state index contributed by atoms with van der Waals surface area (Å²) in [6.07, 6.45) is 5.90. The van der Waals surface area contributed by atoms with Crippen molar-refractivity contribution in [2.24, 2.45) is 0 Å². The molecule has 0 spiro atoms. The minimum atomic E-state index is -1.01. The van der Waals surface area contributed by atoms with E-state index in [1.54, 1.807) is 36.3 Å². The third-order valence-corrected chi connectivity index (χ3v) is 5.09. The Hall–Kier alpha value is -2.20. The van der Waals surface area contributed by atoms with Crippen molar-refractivity contribution in [2.75, 3.05) is 7.05 Å². The summed E-state index contributed by atoms with van der Waals surface area (Å²) in [6.45, 7) is 0. The first-order valence-corrected chi connectivity index (χ1v) is 8.41. The van der Waals surface area contributed by atoms with Crippen LogP contribution in [-0.4, -0.2) is 28.6 Å². The highest BCUT2D eigenvalue weighted by Crippen LogP contribution is 2.42. The van der Waals surface area contributed by atoms with E-state index in [4.69, 9.17) is 11.6 Å². The lowest BCUT2D eigenvalue weighted by Crippen LogP contribution is -2.54. The molecule has 1 aromatic heterocycles. The fourth-order valence-corrected chi connectivity index (χ4v) is 3.78. The summed E-state index contributed by atoms with van der Waals surface area (Å²) in [7, 11) is 1.68. The van der Waals surface area contributed by atoms with Gasteiger partial charge in [0.2, 0.25) is 0 Å². The maximum absolute atomic E-state index is 13.0. The Morgan fingerprint density at radius 1 is 1.21 bits per heavy atom. The van der Waals surface area contributed by atoms with Gasteiger partial charge < -0.3 is 4.90 Å². The lowest BCUT2D eigenvalue weighted by Gasteiger charge is -2.44. The summed E-state index contributed by atoms with van der Waals surface area (Å²) in [5.74, 6) is -0.181. The number of ketones is 1. The number of benzene rings is 1.